The van der Waals surface area contributed by atoms with Crippen LogP contribution < -0.4 is 5.32 Å². The van der Waals surface area contributed by atoms with Gasteiger partial charge in [0.2, 0.25) is 0 Å². The van der Waals surface area contributed by atoms with E-state index < -0.39 is 5.82 Å². The van der Waals surface area contributed by atoms with Gasteiger partial charge >= 0.3 is 0 Å². The van der Waals surface area contributed by atoms with Gasteiger partial charge in [-0.2, -0.15) is 0 Å². The van der Waals surface area contributed by atoms with Crippen LogP contribution in [0.3, 0.4) is 0 Å². The van der Waals surface area contributed by atoms with Gasteiger partial charge < -0.3 is 10.2 Å². The normalized spacial score (nSPS) is 22.1. The summed E-state index contributed by atoms with van der Waals surface area (Å²) in [6.45, 7) is 8.47. The van der Waals surface area contributed by atoms with Crippen LogP contribution in [0.4, 0.5) is 10.2 Å². The molecule has 0 bridgehead atoms. The number of nitrogens with zero attached hydrogens (tertiary/aromatic N) is 2. The zero-order chi connectivity index (χ0) is 14.7. The Labute approximate surface area is 119 Å². The van der Waals surface area contributed by atoms with Gasteiger partial charge in [-0.25, -0.2) is 9.37 Å². The molecule has 0 spiro atoms. The number of hydrogen-bond acceptors (Lipinski definition) is 3. The number of hydrogen-bond donors (Lipinski definition) is 1. The molecule has 0 saturated carbocycles. The summed E-state index contributed by atoms with van der Waals surface area (Å²) in [6.07, 6.45) is 2.06. The minimum atomic E-state index is -0.476. The highest BCUT2D eigenvalue weighted by atomic mass is 19.1. The van der Waals surface area contributed by atoms with Crippen LogP contribution in [0.15, 0.2) is 12.3 Å². The first kappa shape index (κ1) is 14.8. The van der Waals surface area contributed by atoms with Crippen LogP contribution in [-0.4, -0.2) is 35.4 Å². The van der Waals surface area contributed by atoms with Crippen molar-refractivity contribution in [3.8, 4) is 0 Å². The number of aromatic nitrogens is 1. The fraction of sp³-hybridized carbons (Fsp3) is 0.600. The lowest BCUT2D eigenvalue weighted by Crippen LogP contribution is -2.30. The monoisotopic (exact) mass is 279 g/mol. The van der Waals surface area contributed by atoms with Crippen LogP contribution in [0.25, 0.3) is 0 Å². The highest BCUT2D eigenvalue weighted by molar-refractivity contribution is 5.98. The van der Waals surface area contributed by atoms with Gasteiger partial charge in [-0.05, 0) is 24.3 Å². The van der Waals surface area contributed by atoms with Crippen molar-refractivity contribution in [2.75, 3.05) is 25.0 Å². The van der Waals surface area contributed by atoms with Gasteiger partial charge in [-0.3, -0.25) is 4.79 Å². The van der Waals surface area contributed by atoms with E-state index in [-0.39, 0.29) is 5.91 Å². The summed E-state index contributed by atoms with van der Waals surface area (Å²) < 4.78 is 13.4. The average molecular weight is 279 g/mol. The van der Waals surface area contributed by atoms with E-state index in [2.05, 4.69) is 24.1 Å². The lowest BCUT2D eigenvalue weighted by molar-refractivity contribution is 0.0785. The minimum Gasteiger partial charge on any atom is -0.369 e. The highest BCUT2D eigenvalue weighted by Gasteiger charge is 2.31. The van der Waals surface area contributed by atoms with Crippen molar-refractivity contribution >= 4 is 11.7 Å². The number of halogens is 1. The average Bonchev–Trinajstić information content (AvgIpc) is 2.76. The molecule has 20 heavy (non-hydrogen) atoms. The van der Waals surface area contributed by atoms with Crippen LogP contribution >= 0.6 is 0 Å². The predicted octanol–water partition coefficient (Wildman–Crippen LogP) is 2.77. The molecule has 5 heteroatoms. The smallest absolute Gasteiger partial charge is 0.257 e. The number of rotatable bonds is 4. The van der Waals surface area contributed by atoms with Gasteiger partial charge in [0.1, 0.15) is 11.6 Å². The Morgan fingerprint density at radius 2 is 2.10 bits per heavy atom. The second-order valence-corrected chi connectivity index (χ2v) is 5.64. The number of pyridine rings is 1. The zero-order valence-electron chi connectivity index (χ0n) is 12.3. The van der Waals surface area contributed by atoms with Crippen molar-refractivity contribution in [3.05, 3.63) is 23.6 Å². The first-order valence-electron chi connectivity index (χ1n) is 7.21. The van der Waals surface area contributed by atoms with Crippen LogP contribution in [-0.2, 0) is 0 Å². The molecule has 2 rings (SSSR count). The Morgan fingerprint density at radius 3 is 2.70 bits per heavy atom. The minimum absolute atomic E-state index is 0.133. The van der Waals surface area contributed by atoms with E-state index in [9.17, 15) is 9.18 Å². The van der Waals surface area contributed by atoms with E-state index in [1.54, 1.807) is 4.90 Å². The van der Waals surface area contributed by atoms with E-state index in [4.69, 9.17) is 0 Å². The number of nitrogens with one attached hydrogen (secondary N) is 1. The summed E-state index contributed by atoms with van der Waals surface area (Å²) in [5, 5.41) is 3.09. The maximum atomic E-state index is 13.4. The quantitative estimate of drug-likeness (QED) is 0.921. The summed E-state index contributed by atoms with van der Waals surface area (Å²) in [5.41, 5.74) is 0.333. The second kappa shape index (κ2) is 6.20. The summed E-state index contributed by atoms with van der Waals surface area (Å²) in [5.74, 6) is 0.827. The lowest BCUT2D eigenvalue weighted by atomic mass is 10.0. The number of amides is 1. The molecule has 1 N–H and O–H groups in total. The maximum absolute atomic E-state index is 13.4. The Hall–Kier alpha value is -1.65. The summed E-state index contributed by atoms with van der Waals surface area (Å²) in [6, 6.07) is 1.28. The Morgan fingerprint density at radius 1 is 1.45 bits per heavy atom. The molecule has 4 nitrogen and oxygen atoms in total. The van der Waals surface area contributed by atoms with Crippen molar-refractivity contribution in [2.45, 2.75) is 27.2 Å². The van der Waals surface area contributed by atoms with E-state index in [1.165, 1.54) is 6.07 Å². The van der Waals surface area contributed by atoms with E-state index in [0.29, 0.717) is 29.8 Å². The zero-order valence-corrected chi connectivity index (χ0v) is 12.3. The number of carbonyl (C=O) groups excluding carboxylic acids is 1. The van der Waals surface area contributed by atoms with E-state index in [1.807, 2.05) is 6.92 Å². The molecule has 1 aromatic rings. The SMILES string of the molecule is CCCNc1ncc(F)cc1C(=O)N1CC(C)C(C)C1. The number of likely N-dealkylation sites (tertiary alicyclic amines) is 1. The molecule has 1 fully saturated rings. The fourth-order valence-corrected chi connectivity index (χ4v) is 2.45. The summed E-state index contributed by atoms with van der Waals surface area (Å²) in [4.78, 5) is 18.4. The molecule has 2 unspecified atom stereocenters. The van der Waals surface area contributed by atoms with Crippen molar-refractivity contribution in [1.29, 1.82) is 0 Å². The van der Waals surface area contributed by atoms with Crippen molar-refractivity contribution in [2.24, 2.45) is 11.8 Å². The lowest BCUT2D eigenvalue weighted by Gasteiger charge is -2.18. The van der Waals surface area contributed by atoms with E-state index in [0.717, 1.165) is 25.7 Å². The van der Waals surface area contributed by atoms with Crippen molar-refractivity contribution in [3.63, 3.8) is 0 Å². The summed E-state index contributed by atoms with van der Waals surface area (Å²) in [7, 11) is 0. The Bertz CT molecular complexity index is 482. The molecule has 1 aliphatic rings. The van der Waals surface area contributed by atoms with Gasteiger partial charge in [0.25, 0.3) is 5.91 Å². The van der Waals surface area contributed by atoms with Crippen LogP contribution in [0.1, 0.15) is 37.6 Å². The molecule has 0 aliphatic carbocycles. The van der Waals surface area contributed by atoms with Gasteiger partial charge in [-0.15, -0.1) is 0 Å². The molecule has 2 heterocycles. The number of anilines is 1. The van der Waals surface area contributed by atoms with Crippen molar-refractivity contribution < 1.29 is 9.18 Å². The fourth-order valence-electron chi connectivity index (χ4n) is 2.45. The molecule has 1 aromatic heterocycles. The van der Waals surface area contributed by atoms with Crippen molar-refractivity contribution in [1.82, 2.24) is 9.88 Å². The molecule has 0 radical (unpaired) electrons. The first-order chi connectivity index (χ1) is 9.52. The Kier molecular flexibility index (Phi) is 4.57. The third-order valence-electron chi connectivity index (χ3n) is 3.90. The van der Waals surface area contributed by atoms with Gasteiger partial charge in [0, 0.05) is 19.6 Å². The standard InChI is InChI=1S/C15H22FN3O/c1-4-5-17-14-13(6-12(16)7-18-14)15(20)19-8-10(2)11(3)9-19/h6-7,10-11H,4-5,8-9H2,1-3H3,(H,17,18). The molecule has 1 amide bonds. The molecule has 1 aliphatic heterocycles. The van der Waals surface area contributed by atoms with Crippen LogP contribution in [0, 0.1) is 17.7 Å². The molecule has 0 aromatic carbocycles. The molecular formula is C15H22FN3O. The second-order valence-electron chi connectivity index (χ2n) is 5.64. The maximum Gasteiger partial charge on any atom is 0.257 e. The van der Waals surface area contributed by atoms with E-state index >= 15 is 0 Å². The van der Waals surface area contributed by atoms with Crippen LogP contribution in [0.2, 0.25) is 0 Å². The Balaban J connectivity index is 2.22. The molecular weight excluding hydrogens is 257 g/mol. The summed E-state index contributed by atoms with van der Waals surface area (Å²) >= 11 is 0. The van der Waals surface area contributed by atoms with Crippen LogP contribution in [0.5, 0.6) is 0 Å². The first-order valence-corrected chi connectivity index (χ1v) is 7.21. The van der Waals surface area contributed by atoms with Gasteiger partial charge in [-0.1, -0.05) is 20.8 Å². The molecule has 110 valence electrons. The molecule has 1 saturated heterocycles. The third-order valence-corrected chi connectivity index (χ3v) is 3.90. The van der Waals surface area contributed by atoms with Gasteiger partial charge in [0.05, 0.1) is 11.8 Å². The number of carbonyl (C=O) groups is 1. The largest absolute Gasteiger partial charge is 0.369 e. The van der Waals surface area contributed by atoms with Gasteiger partial charge in [0.15, 0.2) is 0 Å². The topological polar surface area (TPSA) is 45.2 Å². The third kappa shape index (κ3) is 3.08. The molecule has 2 atom stereocenters. The highest BCUT2D eigenvalue weighted by Crippen LogP contribution is 2.25. The predicted molar refractivity (Wildman–Crippen MR) is 77.2 cm³/mol.